The van der Waals surface area contributed by atoms with Gasteiger partial charge in [0.05, 0.1) is 59.2 Å². The Hall–Kier alpha value is -7.13. The lowest BCUT2D eigenvalue weighted by Crippen LogP contribution is -2.53. The number of Topliss-reactive ketones (excluding diaryl/α,β-unsaturated/α-hetero) is 1. The zero-order chi connectivity index (χ0) is 64.3. The summed E-state index contributed by atoms with van der Waals surface area (Å²) < 4.78 is 43.0. The Morgan fingerprint density at radius 2 is 1.02 bits per heavy atom. The molecule has 4 heterocycles. The van der Waals surface area contributed by atoms with Crippen molar-refractivity contribution in [3.63, 3.8) is 0 Å². The summed E-state index contributed by atoms with van der Waals surface area (Å²) in [4.78, 5) is 58.9. The van der Waals surface area contributed by atoms with Crippen molar-refractivity contribution < 1.29 is 34.6 Å². The van der Waals surface area contributed by atoms with Gasteiger partial charge in [0.15, 0.2) is 11.6 Å². The third-order valence-corrected chi connectivity index (χ3v) is 19.6. The molecular weight excluding hydrogens is 1190 g/mol. The highest BCUT2D eigenvalue weighted by Gasteiger charge is 2.48. The quantitative estimate of drug-likeness (QED) is 0.0322. The number of ether oxygens (including phenoxy) is 2. The van der Waals surface area contributed by atoms with Crippen LogP contribution in [0.1, 0.15) is 66.6 Å². The molecule has 0 radical (unpaired) electrons. The smallest absolute Gasteiger partial charge is 0.294 e. The van der Waals surface area contributed by atoms with E-state index in [1.54, 1.807) is 70.0 Å². The molecule has 2 aliphatic carbocycles. The molecule has 4 aliphatic rings. The molecule has 468 valence electrons. The lowest BCUT2D eigenvalue weighted by Gasteiger charge is -2.54. The van der Waals surface area contributed by atoms with Gasteiger partial charge in [0.2, 0.25) is 11.9 Å². The van der Waals surface area contributed by atoms with Gasteiger partial charge >= 0.3 is 0 Å². The number of hydrogen-bond acceptors (Lipinski definition) is 21. The summed E-state index contributed by atoms with van der Waals surface area (Å²) in [5, 5.41) is 41.3. The molecule has 4 fully saturated rings. The zero-order valence-electron chi connectivity index (χ0n) is 52.2. The summed E-state index contributed by atoms with van der Waals surface area (Å²) in [5.41, 5.74) is 3.21. The number of piperidine rings is 2. The zero-order valence-corrected chi connectivity index (χ0v) is 54.5. The van der Waals surface area contributed by atoms with Gasteiger partial charge in [0, 0.05) is 81.3 Å². The van der Waals surface area contributed by atoms with Gasteiger partial charge in [0.25, 0.3) is 11.4 Å². The molecule has 0 bridgehead atoms. The summed E-state index contributed by atoms with van der Waals surface area (Å²) in [7, 11) is 5.84. The molecule has 2 aromatic heterocycles. The fraction of sp³-hybridized carbons (Fsp3) is 0.450. The molecule has 23 nitrogen and oxygen atoms in total. The van der Waals surface area contributed by atoms with E-state index in [9.17, 15) is 34.2 Å². The van der Waals surface area contributed by atoms with E-state index in [4.69, 9.17) is 34.0 Å². The molecule has 0 unspecified atom stereocenters. The number of nitrogens with zero attached hydrogens (tertiary/aromatic N) is 9. The summed E-state index contributed by atoms with van der Waals surface area (Å²) in [6.07, 6.45) is 10.1. The van der Waals surface area contributed by atoms with E-state index in [1.165, 1.54) is 51.6 Å². The van der Waals surface area contributed by atoms with Crippen molar-refractivity contribution in [3.05, 3.63) is 115 Å². The Kier molecular flexibility index (Phi) is 21.8. The Labute approximate surface area is 520 Å². The highest BCUT2D eigenvalue weighted by Crippen LogP contribution is 2.53. The first kappa shape index (κ1) is 65.8. The van der Waals surface area contributed by atoms with Gasteiger partial charge in [-0.05, 0) is 128 Å². The fourth-order valence-corrected chi connectivity index (χ4v) is 14.0. The number of aromatic nitrogens is 4. The van der Waals surface area contributed by atoms with E-state index in [1.807, 2.05) is 43.3 Å². The van der Waals surface area contributed by atoms with Crippen molar-refractivity contribution in [1.29, 1.82) is 0 Å². The first-order chi connectivity index (χ1) is 41.7. The molecule has 10 rings (SSSR count). The molecule has 87 heavy (non-hydrogen) atoms. The number of para-hydroxylation sites is 2. The van der Waals surface area contributed by atoms with Gasteiger partial charge in [-0.2, -0.15) is 9.97 Å². The number of methoxy groups -OCH3 is 2. The molecule has 2 spiro atoms. The number of anilines is 10. The third kappa shape index (κ3) is 16.3. The molecular formula is C60H80Cl2N14O9P2. The minimum atomic E-state index is -2.59. The monoisotopic (exact) mass is 1270 g/mol. The second kappa shape index (κ2) is 28.8. The number of hydrogen-bond donors (Lipinski definition) is 5. The highest BCUT2D eigenvalue weighted by atomic mass is 35.5. The van der Waals surface area contributed by atoms with Crippen molar-refractivity contribution in [2.24, 2.45) is 10.8 Å². The van der Waals surface area contributed by atoms with E-state index < -0.39 is 19.2 Å². The molecule has 2 saturated carbocycles. The first-order valence-electron chi connectivity index (χ1n) is 29.1. The van der Waals surface area contributed by atoms with Crippen LogP contribution in [0.2, 0.25) is 10.0 Å². The molecule has 27 heteroatoms. The van der Waals surface area contributed by atoms with Gasteiger partial charge in [0.1, 0.15) is 53.0 Å². The van der Waals surface area contributed by atoms with Crippen LogP contribution in [0.25, 0.3) is 0 Å². The van der Waals surface area contributed by atoms with Crippen molar-refractivity contribution in [1.82, 2.24) is 30.2 Å². The number of nitro benzene ring substituents is 2. The largest absolute Gasteiger partial charge is 0.494 e. The standard InChI is InChI=1S/C29H37ClN7O4P.C27H30ClN6O5P.C2H7N.C2H6/c1-35(2)19-16-29(17-19)10-12-36(13-11-29)23-15-25(41-3)22(14-24(23)37(38)39)33-28-31-18-20(30)27(34-28)32-21-8-6-7-9-26(21)42(4,5)40;1-39-23-13-21(33-10-8-27(9-11-33)14-17(35)15-27)22(34(36)37)12-20(23)31-26-29-16-18(28)25(32-26)30-19-6-4-5-7-24(19)40(2,3)38;1-3-2;1-2/h6-9,14-15,18-19H,10-13,16-17H2,1-5H3,(H2,31,32,33,34);4-7,12-13,16H,8-11,14-15H2,1-3H3,(H2,29,30,31,32);3H,1-2H3;1-2H3/i;;;1D. The second-order valence-electron chi connectivity index (χ2n) is 23.0. The third-order valence-electron chi connectivity index (χ3n) is 16.0. The van der Waals surface area contributed by atoms with Crippen LogP contribution in [-0.2, 0) is 13.9 Å². The van der Waals surface area contributed by atoms with Crippen LogP contribution in [0.3, 0.4) is 0 Å². The SMILES string of the molecule is CNC.COc1cc(N2CCC3(CC2)CC(=O)C3)c([N+](=O)[O-])cc1Nc1ncc(Cl)c(Nc2ccccc2P(C)(C)=O)n1.COc1cc(N2CCC3(CC2)CC(N(C)C)C3)c([N+](=O)[O-])cc1Nc1ncc(Cl)c(Nc2ccccc2P(C)(C)=O)n1.[2H]CC. The lowest BCUT2D eigenvalue weighted by atomic mass is 9.60. The lowest BCUT2D eigenvalue weighted by molar-refractivity contribution is -0.384. The van der Waals surface area contributed by atoms with Gasteiger partial charge in [-0.15, -0.1) is 0 Å². The number of carbonyl (C=O) groups excluding carboxylic acids is 1. The van der Waals surface area contributed by atoms with Gasteiger partial charge in [-0.1, -0.05) is 61.3 Å². The van der Waals surface area contributed by atoms with Crippen LogP contribution in [0, 0.1) is 31.1 Å². The maximum absolute atomic E-state index is 12.8. The second-order valence-corrected chi connectivity index (χ2v) is 30.2. The molecule has 4 aromatic carbocycles. The highest BCUT2D eigenvalue weighted by molar-refractivity contribution is 7.70. The van der Waals surface area contributed by atoms with Crippen molar-refractivity contribution in [2.45, 2.75) is 71.2 Å². The Morgan fingerprint density at radius 3 is 1.36 bits per heavy atom. The molecule has 5 N–H and O–H groups in total. The van der Waals surface area contributed by atoms with E-state index >= 15 is 0 Å². The molecule has 0 atom stereocenters. The van der Waals surface area contributed by atoms with Crippen LogP contribution in [0.5, 0.6) is 11.5 Å². The fourth-order valence-electron chi connectivity index (χ4n) is 11.4. The number of rotatable bonds is 17. The molecule has 0 amide bonds. The van der Waals surface area contributed by atoms with Crippen LogP contribution < -0.4 is 56.5 Å². The number of carbonyl (C=O) groups is 1. The van der Waals surface area contributed by atoms with Gasteiger partial charge < -0.3 is 59.9 Å². The number of nitrogens with one attached hydrogen (secondary N) is 5. The average Bonchev–Trinajstić information content (AvgIpc) is 2.05. The van der Waals surface area contributed by atoms with Crippen LogP contribution in [0.4, 0.5) is 69.0 Å². The van der Waals surface area contributed by atoms with E-state index in [2.05, 4.69) is 70.4 Å². The predicted octanol–water partition coefficient (Wildman–Crippen LogP) is 12.7. The molecule has 2 aliphatic heterocycles. The molecule has 6 aromatic rings. The Balaban J connectivity index is 0.000000231. The topological polar surface area (TPSA) is 277 Å². The van der Waals surface area contributed by atoms with Crippen LogP contribution in [-0.4, -0.2) is 142 Å². The van der Waals surface area contributed by atoms with Crippen molar-refractivity contribution in [2.75, 3.05) is 126 Å². The normalized spacial score (nSPS) is 16.1. The number of benzene rings is 4. The Morgan fingerprint density at radius 1 is 0.655 bits per heavy atom. The van der Waals surface area contributed by atoms with Crippen molar-refractivity contribution >= 4 is 123 Å². The predicted molar refractivity (Wildman–Crippen MR) is 353 cm³/mol. The number of halogens is 2. The van der Waals surface area contributed by atoms with Gasteiger partial charge in [-0.3, -0.25) is 25.0 Å². The van der Waals surface area contributed by atoms with E-state index in [0.717, 1.165) is 38.8 Å². The number of nitro groups is 2. The maximum atomic E-state index is 12.8. The average molecular weight is 1280 g/mol. The van der Waals surface area contributed by atoms with E-state index in [-0.39, 0.29) is 49.5 Å². The summed E-state index contributed by atoms with van der Waals surface area (Å²) in [6.45, 7) is 11.8. The summed E-state index contributed by atoms with van der Waals surface area (Å²) >= 11 is 12.8. The minimum absolute atomic E-state index is 0.0167. The number of ketones is 1. The van der Waals surface area contributed by atoms with Crippen LogP contribution >= 0.6 is 37.5 Å². The Bertz CT molecular complexity index is 3560. The first-order valence-corrected chi connectivity index (χ1v) is 34.4. The van der Waals surface area contributed by atoms with Gasteiger partial charge in [-0.25, -0.2) is 9.97 Å². The minimum Gasteiger partial charge on any atom is -0.494 e. The van der Waals surface area contributed by atoms with Crippen LogP contribution in [0.15, 0.2) is 85.2 Å². The summed E-state index contributed by atoms with van der Waals surface area (Å²) in [5.74, 6) is 1.99. The maximum Gasteiger partial charge on any atom is 0.294 e. The molecule has 2 saturated heterocycles. The summed E-state index contributed by atoms with van der Waals surface area (Å²) in [6, 6.07) is 21.3. The van der Waals surface area contributed by atoms with E-state index in [0.29, 0.717) is 112 Å². The van der Waals surface area contributed by atoms with Crippen molar-refractivity contribution in [3.8, 4) is 11.5 Å².